The Morgan fingerprint density at radius 1 is 1.39 bits per heavy atom. The number of rotatable bonds is 8. The van der Waals surface area contributed by atoms with Crippen LogP contribution in [0.4, 0.5) is 0 Å². The summed E-state index contributed by atoms with van der Waals surface area (Å²) in [5.74, 6) is -0.750. The van der Waals surface area contributed by atoms with Crippen LogP contribution in [0.2, 0.25) is 0 Å². The first-order valence-electron chi connectivity index (χ1n) is 5.99. The Bertz CT molecular complexity index is 376. The Hall–Kier alpha value is -1.39. The van der Waals surface area contributed by atoms with Crippen molar-refractivity contribution < 1.29 is 19.4 Å². The summed E-state index contributed by atoms with van der Waals surface area (Å²) in [4.78, 5) is 10.5. The first kappa shape index (κ1) is 14.7. The van der Waals surface area contributed by atoms with E-state index < -0.39 is 5.97 Å². The second-order valence-electron chi connectivity index (χ2n) is 4.17. The Balaban J connectivity index is 2.63. The maximum absolute atomic E-state index is 10.5. The van der Waals surface area contributed by atoms with Gasteiger partial charge in [0.05, 0.1) is 6.61 Å². The summed E-state index contributed by atoms with van der Waals surface area (Å²) in [5.41, 5.74) is 2.19. The third-order valence-corrected chi connectivity index (χ3v) is 2.78. The van der Waals surface area contributed by atoms with Crippen molar-refractivity contribution in [2.45, 2.75) is 25.4 Å². The lowest BCUT2D eigenvalue weighted by Gasteiger charge is -2.15. The Morgan fingerprint density at radius 2 is 2.17 bits per heavy atom. The number of carboxylic acid groups (broad SMARTS) is 1. The van der Waals surface area contributed by atoms with Crippen molar-refractivity contribution in [2.75, 3.05) is 20.8 Å². The molecule has 0 radical (unpaired) electrons. The standard InChI is InChI=1S/C14H20O4/c1-17-10-13(18-2)12-7-3-5-11(9-12)6-4-8-14(15)16/h3,5,7,9,13H,4,6,8,10H2,1-2H3,(H,15,16). The molecule has 100 valence electrons. The number of ether oxygens (including phenoxy) is 2. The first-order valence-corrected chi connectivity index (χ1v) is 5.99. The summed E-state index contributed by atoms with van der Waals surface area (Å²) < 4.78 is 10.5. The van der Waals surface area contributed by atoms with Crippen LogP contribution in [-0.4, -0.2) is 31.9 Å². The van der Waals surface area contributed by atoms with Crippen LogP contribution in [0.5, 0.6) is 0 Å². The van der Waals surface area contributed by atoms with Gasteiger partial charge in [0, 0.05) is 20.6 Å². The van der Waals surface area contributed by atoms with Crippen LogP contribution in [0, 0.1) is 0 Å². The summed E-state index contributed by atoms with van der Waals surface area (Å²) in [7, 11) is 3.30. The molecule has 0 heterocycles. The molecular weight excluding hydrogens is 232 g/mol. The van der Waals surface area contributed by atoms with E-state index in [1.807, 2.05) is 18.2 Å². The Morgan fingerprint density at radius 3 is 2.78 bits per heavy atom. The molecule has 0 amide bonds. The lowest BCUT2D eigenvalue weighted by molar-refractivity contribution is -0.137. The van der Waals surface area contributed by atoms with Crippen molar-refractivity contribution in [1.29, 1.82) is 0 Å². The summed E-state index contributed by atoms with van der Waals surface area (Å²) in [6.45, 7) is 0.509. The molecule has 1 atom stereocenters. The minimum absolute atomic E-state index is 0.0746. The highest BCUT2D eigenvalue weighted by molar-refractivity contribution is 5.66. The van der Waals surface area contributed by atoms with Gasteiger partial charge >= 0.3 is 5.97 Å². The van der Waals surface area contributed by atoms with E-state index in [-0.39, 0.29) is 12.5 Å². The molecule has 0 saturated carbocycles. The summed E-state index contributed by atoms with van der Waals surface area (Å²) in [6, 6.07) is 8.01. The molecule has 1 aromatic rings. The van der Waals surface area contributed by atoms with E-state index in [0.29, 0.717) is 13.0 Å². The van der Waals surface area contributed by atoms with Crippen LogP contribution in [-0.2, 0) is 20.7 Å². The van der Waals surface area contributed by atoms with Gasteiger partial charge in [0.1, 0.15) is 6.10 Å². The van der Waals surface area contributed by atoms with Gasteiger partial charge in [0.2, 0.25) is 0 Å². The molecule has 1 rings (SSSR count). The topological polar surface area (TPSA) is 55.8 Å². The van der Waals surface area contributed by atoms with E-state index in [4.69, 9.17) is 14.6 Å². The van der Waals surface area contributed by atoms with Crippen LogP contribution in [0.25, 0.3) is 0 Å². The van der Waals surface area contributed by atoms with Crippen LogP contribution in [0.15, 0.2) is 24.3 Å². The molecule has 0 aliphatic carbocycles. The fraction of sp³-hybridized carbons (Fsp3) is 0.500. The van der Waals surface area contributed by atoms with E-state index in [1.54, 1.807) is 14.2 Å². The lowest BCUT2D eigenvalue weighted by Crippen LogP contribution is -2.08. The molecule has 1 aromatic carbocycles. The minimum Gasteiger partial charge on any atom is -0.481 e. The molecular formula is C14H20O4. The van der Waals surface area contributed by atoms with Gasteiger partial charge in [-0.3, -0.25) is 4.79 Å². The van der Waals surface area contributed by atoms with Crippen LogP contribution >= 0.6 is 0 Å². The molecule has 0 fully saturated rings. The highest BCUT2D eigenvalue weighted by atomic mass is 16.5. The molecule has 0 saturated heterocycles. The molecule has 0 aliphatic heterocycles. The monoisotopic (exact) mass is 252 g/mol. The van der Waals surface area contributed by atoms with Gasteiger partial charge < -0.3 is 14.6 Å². The third-order valence-electron chi connectivity index (χ3n) is 2.78. The lowest BCUT2D eigenvalue weighted by atomic mass is 10.0. The van der Waals surface area contributed by atoms with Crippen molar-refractivity contribution >= 4 is 5.97 Å². The number of hydrogen-bond donors (Lipinski definition) is 1. The predicted molar refractivity (Wildman–Crippen MR) is 68.6 cm³/mol. The van der Waals surface area contributed by atoms with E-state index in [9.17, 15) is 4.79 Å². The van der Waals surface area contributed by atoms with Crippen molar-refractivity contribution in [3.05, 3.63) is 35.4 Å². The molecule has 1 unspecified atom stereocenters. The zero-order valence-corrected chi connectivity index (χ0v) is 10.9. The number of carbonyl (C=O) groups is 1. The number of carboxylic acids is 1. The molecule has 0 aromatic heterocycles. The molecule has 1 N–H and O–H groups in total. The quantitative estimate of drug-likeness (QED) is 0.772. The fourth-order valence-corrected chi connectivity index (χ4v) is 1.84. The van der Waals surface area contributed by atoms with E-state index >= 15 is 0 Å². The molecule has 0 bridgehead atoms. The number of aryl methyl sites for hydroxylation is 1. The van der Waals surface area contributed by atoms with Gasteiger partial charge in [-0.1, -0.05) is 24.3 Å². The largest absolute Gasteiger partial charge is 0.481 e. The highest BCUT2D eigenvalue weighted by Gasteiger charge is 2.10. The maximum Gasteiger partial charge on any atom is 0.303 e. The van der Waals surface area contributed by atoms with E-state index in [0.717, 1.165) is 17.5 Å². The van der Waals surface area contributed by atoms with Crippen molar-refractivity contribution in [1.82, 2.24) is 0 Å². The number of methoxy groups -OCH3 is 2. The first-order chi connectivity index (χ1) is 8.67. The Kier molecular flexibility index (Phi) is 6.39. The average molecular weight is 252 g/mol. The van der Waals surface area contributed by atoms with E-state index in [1.165, 1.54) is 0 Å². The number of aliphatic carboxylic acids is 1. The van der Waals surface area contributed by atoms with Gasteiger partial charge in [-0.25, -0.2) is 0 Å². The Labute approximate surface area is 108 Å². The zero-order valence-electron chi connectivity index (χ0n) is 10.9. The van der Waals surface area contributed by atoms with Gasteiger partial charge in [-0.05, 0) is 24.0 Å². The van der Waals surface area contributed by atoms with Crippen molar-refractivity contribution in [2.24, 2.45) is 0 Å². The molecule has 4 nitrogen and oxygen atoms in total. The minimum atomic E-state index is -0.750. The van der Waals surface area contributed by atoms with Crippen LogP contribution < -0.4 is 0 Å². The van der Waals surface area contributed by atoms with E-state index in [2.05, 4.69) is 6.07 Å². The second kappa shape index (κ2) is 7.84. The third kappa shape index (κ3) is 4.85. The van der Waals surface area contributed by atoms with Gasteiger partial charge in [-0.2, -0.15) is 0 Å². The number of benzene rings is 1. The predicted octanol–water partition coefficient (Wildman–Crippen LogP) is 2.43. The van der Waals surface area contributed by atoms with Gasteiger partial charge in [0.25, 0.3) is 0 Å². The normalized spacial score (nSPS) is 12.3. The number of hydrogen-bond acceptors (Lipinski definition) is 3. The highest BCUT2D eigenvalue weighted by Crippen LogP contribution is 2.19. The molecule has 0 spiro atoms. The molecule has 4 heteroatoms. The summed E-state index contributed by atoms with van der Waals surface area (Å²) in [6.07, 6.45) is 1.55. The maximum atomic E-state index is 10.5. The van der Waals surface area contributed by atoms with Crippen LogP contribution in [0.3, 0.4) is 0 Å². The second-order valence-corrected chi connectivity index (χ2v) is 4.17. The van der Waals surface area contributed by atoms with Crippen molar-refractivity contribution in [3.8, 4) is 0 Å². The van der Waals surface area contributed by atoms with Crippen LogP contribution in [0.1, 0.15) is 30.1 Å². The fourth-order valence-electron chi connectivity index (χ4n) is 1.84. The SMILES string of the molecule is COCC(OC)c1cccc(CCCC(=O)O)c1. The van der Waals surface area contributed by atoms with Crippen molar-refractivity contribution in [3.63, 3.8) is 0 Å². The smallest absolute Gasteiger partial charge is 0.303 e. The zero-order chi connectivity index (χ0) is 13.4. The summed E-state index contributed by atoms with van der Waals surface area (Å²) >= 11 is 0. The molecule has 18 heavy (non-hydrogen) atoms. The average Bonchev–Trinajstić information content (AvgIpc) is 2.36. The summed E-state index contributed by atoms with van der Waals surface area (Å²) in [5, 5.41) is 8.61. The molecule has 0 aliphatic rings. The van der Waals surface area contributed by atoms with Gasteiger partial charge in [-0.15, -0.1) is 0 Å². The van der Waals surface area contributed by atoms with Gasteiger partial charge in [0.15, 0.2) is 0 Å².